The average molecular weight is 448 g/mol. The van der Waals surface area contributed by atoms with E-state index in [0.717, 1.165) is 17.5 Å². The number of sulfonamides is 1. The van der Waals surface area contributed by atoms with E-state index in [1.54, 1.807) is 18.2 Å². The summed E-state index contributed by atoms with van der Waals surface area (Å²) in [5.74, 6) is -0.932. The van der Waals surface area contributed by atoms with Crippen molar-refractivity contribution in [2.45, 2.75) is 49.8 Å². The number of ether oxygens (including phenoxy) is 2. The Balaban J connectivity index is 2.15. The van der Waals surface area contributed by atoms with Crippen LogP contribution >= 0.6 is 0 Å². The summed E-state index contributed by atoms with van der Waals surface area (Å²) >= 11 is 0. The number of nitrogens with one attached hydrogen (secondary N) is 1. The van der Waals surface area contributed by atoms with Gasteiger partial charge in [0.15, 0.2) is 0 Å². The van der Waals surface area contributed by atoms with Gasteiger partial charge in [0.25, 0.3) is 0 Å². The molecule has 1 atom stereocenters. The summed E-state index contributed by atoms with van der Waals surface area (Å²) in [5.41, 5.74) is 1.50. The van der Waals surface area contributed by atoms with E-state index in [2.05, 4.69) is 16.4 Å². The highest BCUT2D eigenvalue weighted by molar-refractivity contribution is 7.89. The van der Waals surface area contributed by atoms with Crippen molar-refractivity contribution in [2.75, 3.05) is 13.8 Å². The highest BCUT2D eigenvalue weighted by atomic mass is 32.2. The van der Waals surface area contributed by atoms with Crippen molar-refractivity contribution in [3.63, 3.8) is 0 Å². The lowest BCUT2D eigenvalue weighted by Gasteiger charge is -2.31. The predicted octanol–water partition coefficient (Wildman–Crippen LogP) is 3.52. The molecule has 0 saturated heterocycles. The van der Waals surface area contributed by atoms with Gasteiger partial charge in [0.1, 0.15) is 0 Å². The number of carbonyl (C=O) groups excluding carboxylic acids is 2. The molecule has 0 saturated carbocycles. The fourth-order valence-corrected chi connectivity index (χ4v) is 4.16. The topological polar surface area (TPSA) is 98.8 Å². The third-order valence-electron chi connectivity index (χ3n) is 5.25. The quantitative estimate of drug-likeness (QED) is 0.321. The molecule has 2 aromatic rings. The molecule has 8 heteroatoms. The first-order valence-electron chi connectivity index (χ1n) is 10.1. The van der Waals surface area contributed by atoms with Gasteiger partial charge in [-0.1, -0.05) is 55.8 Å². The van der Waals surface area contributed by atoms with E-state index in [1.165, 1.54) is 14.0 Å². The zero-order chi connectivity index (χ0) is 22.9. The minimum absolute atomic E-state index is 0.209. The first-order valence-corrected chi connectivity index (χ1v) is 11.6. The van der Waals surface area contributed by atoms with Crippen LogP contribution in [0.3, 0.4) is 0 Å². The first kappa shape index (κ1) is 24.6. The molecule has 0 heterocycles. The molecule has 7 nitrogen and oxygen atoms in total. The van der Waals surface area contributed by atoms with Crippen LogP contribution in [0, 0.1) is 0 Å². The maximum absolute atomic E-state index is 12.3. The number of carbonyl (C=O) groups is 2. The van der Waals surface area contributed by atoms with Crippen LogP contribution in [0.15, 0.2) is 59.5 Å². The fourth-order valence-electron chi connectivity index (χ4n) is 3.38. The largest absolute Gasteiger partial charge is 0.428 e. The van der Waals surface area contributed by atoms with Gasteiger partial charge in [-0.2, -0.15) is 0 Å². The van der Waals surface area contributed by atoms with Gasteiger partial charge in [0, 0.05) is 18.8 Å². The van der Waals surface area contributed by atoms with Crippen LogP contribution in [0.1, 0.15) is 50.7 Å². The smallest absolute Gasteiger partial charge is 0.308 e. The summed E-state index contributed by atoms with van der Waals surface area (Å²) in [4.78, 5) is 22.7. The van der Waals surface area contributed by atoms with E-state index in [0.29, 0.717) is 12.8 Å². The lowest BCUT2D eigenvalue weighted by atomic mass is 9.72. The second-order valence-corrected chi connectivity index (χ2v) is 9.30. The van der Waals surface area contributed by atoms with E-state index in [4.69, 9.17) is 4.74 Å². The van der Waals surface area contributed by atoms with Gasteiger partial charge in [0.2, 0.25) is 16.8 Å². The van der Waals surface area contributed by atoms with Gasteiger partial charge in [-0.15, -0.1) is 0 Å². The molecule has 1 unspecified atom stereocenters. The van der Waals surface area contributed by atoms with Crippen molar-refractivity contribution in [1.29, 1.82) is 0 Å². The van der Waals surface area contributed by atoms with Crippen molar-refractivity contribution in [1.82, 2.24) is 4.72 Å². The summed E-state index contributed by atoms with van der Waals surface area (Å²) < 4.78 is 36.4. The molecule has 2 rings (SSSR count). The van der Waals surface area contributed by atoms with Crippen LogP contribution in [0.5, 0.6) is 0 Å². The van der Waals surface area contributed by atoms with Crippen LogP contribution in [0.2, 0.25) is 0 Å². The van der Waals surface area contributed by atoms with Crippen molar-refractivity contribution in [3.05, 3.63) is 65.7 Å². The maximum atomic E-state index is 12.3. The van der Waals surface area contributed by atoms with Crippen LogP contribution in [0.25, 0.3) is 0 Å². The lowest BCUT2D eigenvalue weighted by molar-refractivity contribution is -0.165. The number of esters is 2. The summed E-state index contributed by atoms with van der Waals surface area (Å²) in [6.45, 7) is 2.95. The molecule has 0 fully saturated rings. The Morgan fingerprint density at radius 2 is 1.65 bits per heavy atom. The van der Waals surface area contributed by atoms with Gasteiger partial charge >= 0.3 is 11.9 Å². The van der Waals surface area contributed by atoms with E-state index >= 15 is 0 Å². The van der Waals surface area contributed by atoms with Crippen LogP contribution in [-0.4, -0.2) is 34.2 Å². The minimum Gasteiger partial charge on any atom is -0.428 e. The molecule has 0 aliphatic rings. The van der Waals surface area contributed by atoms with Gasteiger partial charge < -0.3 is 9.47 Å². The summed E-state index contributed by atoms with van der Waals surface area (Å²) in [6, 6.07) is 16.8. The fraction of sp³-hybridized carbons (Fsp3) is 0.391. The van der Waals surface area contributed by atoms with Crippen LogP contribution in [-0.2, 0) is 34.5 Å². The third-order valence-corrected chi connectivity index (χ3v) is 6.66. The standard InChI is InChI=1S/C23H29NO6S/c1-18(25)29-17-30-22(26)14-7-8-15-23(2,19-10-5-4-6-11-19)20-12-9-13-21(16-20)31(27,28)24-3/h4-6,9-13,16,24H,7-8,14-15,17H2,1-3H3. The second kappa shape index (κ2) is 11.1. The maximum Gasteiger partial charge on any atom is 0.308 e. The zero-order valence-corrected chi connectivity index (χ0v) is 18.9. The van der Waals surface area contributed by atoms with Gasteiger partial charge in [-0.05, 0) is 43.1 Å². The van der Waals surface area contributed by atoms with Crippen LogP contribution in [0.4, 0.5) is 0 Å². The summed E-state index contributed by atoms with van der Waals surface area (Å²) in [7, 11) is -2.17. The second-order valence-electron chi connectivity index (χ2n) is 7.41. The molecule has 1 N–H and O–H groups in total. The molecule has 0 spiro atoms. The number of hydrogen-bond donors (Lipinski definition) is 1. The Labute approximate surface area is 183 Å². The van der Waals surface area contributed by atoms with Gasteiger partial charge in [-0.25, -0.2) is 13.1 Å². The molecule has 31 heavy (non-hydrogen) atoms. The average Bonchev–Trinajstić information content (AvgIpc) is 2.77. The molecule has 0 aliphatic carbocycles. The van der Waals surface area contributed by atoms with Crippen molar-refractivity contribution in [2.24, 2.45) is 0 Å². The van der Waals surface area contributed by atoms with Crippen LogP contribution < -0.4 is 4.72 Å². The number of rotatable bonds is 11. The highest BCUT2D eigenvalue weighted by Gasteiger charge is 2.29. The molecule has 2 aromatic carbocycles. The number of benzene rings is 2. The molecule has 0 radical (unpaired) electrons. The normalized spacial score (nSPS) is 13.3. The lowest BCUT2D eigenvalue weighted by Crippen LogP contribution is -2.25. The summed E-state index contributed by atoms with van der Waals surface area (Å²) in [6.07, 6.45) is 2.23. The monoisotopic (exact) mass is 447 g/mol. The Hall–Kier alpha value is -2.71. The van der Waals surface area contributed by atoms with Crippen molar-refractivity contribution >= 4 is 22.0 Å². The van der Waals surface area contributed by atoms with E-state index in [9.17, 15) is 18.0 Å². The molecular weight excluding hydrogens is 418 g/mol. The zero-order valence-electron chi connectivity index (χ0n) is 18.1. The highest BCUT2D eigenvalue weighted by Crippen LogP contribution is 2.37. The van der Waals surface area contributed by atoms with Crippen molar-refractivity contribution < 1.29 is 27.5 Å². The predicted molar refractivity (Wildman–Crippen MR) is 117 cm³/mol. The van der Waals surface area contributed by atoms with Gasteiger partial charge in [-0.3, -0.25) is 9.59 Å². The molecular formula is C23H29NO6S. The first-order chi connectivity index (χ1) is 14.7. The third kappa shape index (κ3) is 6.90. The summed E-state index contributed by atoms with van der Waals surface area (Å²) in [5, 5.41) is 0. The van der Waals surface area contributed by atoms with E-state index in [1.807, 2.05) is 36.4 Å². The van der Waals surface area contributed by atoms with E-state index in [-0.39, 0.29) is 18.1 Å². The Morgan fingerprint density at radius 3 is 2.29 bits per heavy atom. The number of unbranched alkanes of at least 4 members (excludes halogenated alkanes) is 1. The minimum atomic E-state index is -3.56. The SMILES string of the molecule is CNS(=O)(=O)c1cccc(C(C)(CCCCC(=O)OCOC(C)=O)c2ccccc2)c1. The Bertz CT molecular complexity index is 990. The van der Waals surface area contributed by atoms with Crippen molar-refractivity contribution in [3.8, 4) is 0 Å². The molecule has 0 aromatic heterocycles. The Morgan fingerprint density at radius 1 is 0.968 bits per heavy atom. The molecule has 0 aliphatic heterocycles. The molecule has 0 bridgehead atoms. The Kier molecular flexibility index (Phi) is 8.76. The number of hydrogen-bond acceptors (Lipinski definition) is 6. The van der Waals surface area contributed by atoms with E-state index < -0.39 is 27.4 Å². The molecule has 168 valence electrons. The molecule has 0 amide bonds. The van der Waals surface area contributed by atoms with Gasteiger partial charge in [0.05, 0.1) is 4.90 Å².